The zero-order chi connectivity index (χ0) is 12.2. The van der Waals surface area contributed by atoms with Gasteiger partial charge in [-0.3, -0.25) is 0 Å². The van der Waals surface area contributed by atoms with Crippen LogP contribution in [0.4, 0.5) is 0 Å². The lowest BCUT2D eigenvalue weighted by molar-refractivity contribution is 0.549. The maximum atomic E-state index is 2.43. The van der Waals surface area contributed by atoms with Gasteiger partial charge >= 0.3 is 0 Å². The average molecular weight is 234 g/mol. The van der Waals surface area contributed by atoms with Crippen molar-refractivity contribution in [3.8, 4) is 11.1 Å². The fourth-order valence-electron chi connectivity index (χ4n) is 4.09. The summed E-state index contributed by atoms with van der Waals surface area (Å²) in [5.41, 5.74) is 7.89. The molecular weight excluding hydrogens is 216 g/mol. The minimum absolute atomic E-state index is 0.345. The standard InChI is InChI=1S/C18H18/c1-13-8-9-15-14-6-2-3-7-16(14)18(17(15)12-13)10-4-5-11-18/h2-3,6-9,12H,4-5,10-11H2,1H3. The van der Waals surface area contributed by atoms with E-state index in [0.717, 1.165) is 0 Å². The van der Waals surface area contributed by atoms with Crippen LogP contribution in [0, 0.1) is 6.92 Å². The number of hydrogen-bond donors (Lipinski definition) is 0. The molecule has 0 N–H and O–H groups in total. The van der Waals surface area contributed by atoms with Crippen molar-refractivity contribution < 1.29 is 0 Å². The van der Waals surface area contributed by atoms with Crippen LogP contribution in [0.5, 0.6) is 0 Å². The number of benzene rings is 2. The second kappa shape index (κ2) is 3.47. The number of hydrogen-bond acceptors (Lipinski definition) is 0. The van der Waals surface area contributed by atoms with Crippen molar-refractivity contribution in [3.05, 3.63) is 59.2 Å². The maximum Gasteiger partial charge on any atom is 0.0215 e. The first kappa shape index (κ1) is 10.4. The molecule has 0 heteroatoms. The molecule has 0 radical (unpaired) electrons. The van der Waals surface area contributed by atoms with Crippen molar-refractivity contribution >= 4 is 0 Å². The second-order valence-corrected chi connectivity index (χ2v) is 5.88. The number of rotatable bonds is 0. The first-order valence-electron chi connectivity index (χ1n) is 7.02. The Hall–Kier alpha value is -1.56. The molecule has 2 aliphatic carbocycles. The molecule has 18 heavy (non-hydrogen) atoms. The quantitative estimate of drug-likeness (QED) is 0.612. The van der Waals surface area contributed by atoms with Crippen molar-refractivity contribution in [2.24, 2.45) is 0 Å². The summed E-state index contributed by atoms with van der Waals surface area (Å²) in [7, 11) is 0. The van der Waals surface area contributed by atoms with E-state index in [4.69, 9.17) is 0 Å². The van der Waals surface area contributed by atoms with Gasteiger partial charge in [-0.05, 0) is 42.0 Å². The average Bonchev–Trinajstić information content (AvgIpc) is 2.98. The van der Waals surface area contributed by atoms with Gasteiger partial charge in [-0.1, -0.05) is 60.9 Å². The summed E-state index contributed by atoms with van der Waals surface area (Å²) in [6.45, 7) is 2.21. The van der Waals surface area contributed by atoms with Crippen LogP contribution in [-0.4, -0.2) is 0 Å². The van der Waals surface area contributed by atoms with E-state index in [9.17, 15) is 0 Å². The highest BCUT2D eigenvalue weighted by atomic mass is 14.5. The van der Waals surface area contributed by atoms with Gasteiger partial charge in [0, 0.05) is 5.41 Å². The van der Waals surface area contributed by atoms with Gasteiger partial charge in [0.05, 0.1) is 0 Å². The Kier molecular flexibility index (Phi) is 2.00. The summed E-state index contributed by atoms with van der Waals surface area (Å²) in [5, 5.41) is 0. The Morgan fingerprint density at radius 2 is 1.56 bits per heavy atom. The van der Waals surface area contributed by atoms with Crippen LogP contribution in [0.2, 0.25) is 0 Å². The molecule has 0 saturated heterocycles. The molecule has 4 rings (SSSR count). The molecule has 2 aliphatic rings. The third-order valence-electron chi connectivity index (χ3n) is 4.88. The zero-order valence-corrected chi connectivity index (χ0v) is 10.9. The minimum atomic E-state index is 0.345. The molecule has 2 aromatic carbocycles. The van der Waals surface area contributed by atoms with E-state index in [1.165, 1.54) is 42.4 Å². The molecular formula is C18H18. The van der Waals surface area contributed by atoms with Gasteiger partial charge in [0.1, 0.15) is 0 Å². The second-order valence-electron chi connectivity index (χ2n) is 5.88. The molecule has 0 amide bonds. The number of fused-ring (bicyclic) bond motifs is 5. The molecule has 1 spiro atoms. The van der Waals surface area contributed by atoms with Crippen molar-refractivity contribution in [1.82, 2.24) is 0 Å². The van der Waals surface area contributed by atoms with Crippen LogP contribution in [0.3, 0.4) is 0 Å². The van der Waals surface area contributed by atoms with E-state index in [1.807, 2.05) is 0 Å². The smallest absolute Gasteiger partial charge is 0.0215 e. The monoisotopic (exact) mass is 234 g/mol. The summed E-state index contributed by atoms with van der Waals surface area (Å²) in [6, 6.07) is 16.1. The predicted molar refractivity (Wildman–Crippen MR) is 75.9 cm³/mol. The summed E-state index contributed by atoms with van der Waals surface area (Å²) in [6.07, 6.45) is 5.42. The van der Waals surface area contributed by atoms with E-state index in [-0.39, 0.29) is 0 Å². The topological polar surface area (TPSA) is 0 Å². The van der Waals surface area contributed by atoms with E-state index in [2.05, 4.69) is 49.4 Å². The van der Waals surface area contributed by atoms with Gasteiger partial charge in [-0.15, -0.1) is 0 Å². The van der Waals surface area contributed by atoms with Crippen molar-refractivity contribution in [2.45, 2.75) is 38.0 Å². The molecule has 0 aliphatic heterocycles. The van der Waals surface area contributed by atoms with E-state index >= 15 is 0 Å². The summed E-state index contributed by atoms with van der Waals surface area (Å²) >= 11 is 0. The van der Waals surface area contributed by atoms with Crippen LogP contribution in [0.25, 0.3) is 11.1 Å². The van der Waals surface area contributed by atoms with Gasteiger partial charge in [0.2, 0.25) is 0 Å². The van der Waals surface area contributed by atoms with Gasteiger partial charge < -0.3 is 0 Å². The fourth-order valence-corrected chi connectivity index (χ4v) is 4.09. The first-order valence-corrected chi connectivity index (χ1v) is 7.02. The lowest BCUT2D eigenvalue weighted by Gasteiger charge is -2.26. The third-order valence-corrected chi connectivity index (χ3v) is 4.88. The highest BCUT2D eigenvalue weighted by Crippen LogP contribution is 2.56. The Morgan fingerprint density at radius 1 is 0.833 bits per heavy atom. The SMILES string of the molecule is Cc1ccc2c(c1)C1(CCCC1)c1ccccc1-2. The van der Waals surface area contributed by atoms with Crippen molar-refractivity contribution in [2.75, 3.05) is 0 Å². The van der Waals surface area contributed by atoms with E-state index in [1.54, 1.807) is 11.1 Å². The van der Waals surface area contributed by atoms with Crippen LogP contribution in [-0.2, 0) is 5.41 Å². The molecule has 0 aromatic heterocycles. The molecule has 1 fully saturated rings. The fraction of sp³-hybridized carbons (Fsp3) is 0.333. The Bertz CT molecular complexity index is 616. The molecule has 0 bridgehead atoms. The molecule has 0 unspecified atom stereocenters. The Morgan fingerprint density at radius 3 is 2.39 bits per heavy atom. The first-order chi connectivity index (χ1) is 8.81. The predicted octanol–water partition coefficient (Wildman–Crippen LogP) is 4.84. The van der Waals surface area contributed by atoms with E-state index in [0.29, 0.717) is 5.41 Å². The summed E-state index contributed by atoms with van der Waals surface area (Å²) in [4.78, 5) is 0. The van der Waals surface area contributed by atoms with Gasteiger partial charge in [-0.2, -0.15) is 0 Å². The molecule has 1 saturated carbocycles. The number of aryl methyl sites for hydroxylation is 1. The van der Waals surface area contributed by atoms with E-state index < -0.39 is 0 Å². The van der Waals surface area contributed by atoms with Crippen LogP contribution in [0.15, 0.2) is 42.5 Å². The van der Waals surface area contributed by atoms with Crippen LogP contribution < -0.4 is 0 Å². The lowest BCUT2D eigenvalue weighted by atomic mass is 9.76. The molecule has 90 valence electrons. The van der Waals surface area contributed by atoms with Gasteiger partial charge in [-0.25, -0.2) is 0 Å². The molecule has 0 heterocycles. The Balaban J connectivity index is 2.08. The molecule has 0 nitrogen and oxygen atoms in total. The lowest BCUT2D eigenvalue weighted by Crippen LogP contribution is -2.20. The van der Waals surface area contributed by atoms with Gasteiger partial charge in [0.15, 0.2) is 0 Å². The van der Waals surface area contributed by atoms with Crippen LogP contribution in [0.1, 0.15) is 42.4 Å². The Labute approximate surface area is 109 Å². The van der Waals surface area contributed by atoms with Gasteiger partial charge in [0.25, 0.3) is 0 Å². The molecule has 2 aromatic rings. The molecule has 0 atom stereocenters. The highest BCUT2D eigenvalue weighted by molar-refractivity contribution is 5.81. The summed E-state index contributed by atoms with van der Waals surface area (Å²) < 4.78 is 0. The normalized spacial score (nSPS) is 18.9. The largest absolute Gasteiger partial charge is 0.0619 e. The third kappa shape index (κ3) is 1.16. The van der Waals surface area contributed by atoms with Crippen LogP contribution >= 0.6 is 0 Å². The summed E-state index contributed by atoms with van der Waals surface area (Å²) in [5.74, 6) is 0. The zero-order valence-electron chi connectivity index (χ0n) is 10.9. The van der Waals surface area contributed by atoms with Crippen molar-refractivity contribution in [3.63, 3.8) is 0 Å². The maximum absolute atomic E-state index is 2.43. The highest BCUT2D eigenvalue weighted by Gasteiger charge is 2.44. The van der Waals surface area contributed by atoms with Crippen molar-refractivity contribution in [1.29, 1.82) is 0 Å². The minimum Gasteiger partial charge on any atom is -0.0619 e.